The number of esters is 1. The van der Waals surface area contributed by atoms with E-state index in [1.807, 2.05) is 19.9 Å². The molecule has 2 aromatic heterocycles. The van der Waals surface area contributed by atoms with Crippen LogP contribution in [0.4, 0.5) is 11.8 Å². The van der Waals surface area contributed by atoms with Gasteiger partial charge in [0.05, 0.1) is 12.5 Å². The summed E-state index contributed by atoms with van der Waals surface area (Å²) in [5.41, 5.74) is 0. The fraction of sp³-hybridized carbons (Fsp3) is 0.462. The predicted molar refractivity (Wildman–Crippen MR) is 81.4 cm³/mol. The Labute approximate surface area is 121 Å². The van der Waals surface area contributed by atoms with Gasteiger partial charge in [0.15, 0.2) is 0 Å². The number of thiophene rings is 1. The van der Waals surface area contributed by atoms with Crippen molar-refractivity contribution in [3.63, 3.8) is 0 Å². The van der Waals surface area contributed by atoms with Crippen LogP contribution in [0.5, 0.6) is 0 Å². The molecule has 0 spiro atoms. The van der Waals surface area contributed by atoms with E-state index in [0.717, 1.165) is 21.6 Å². The number of carbonyl (C=O) groups excluding carboxylic acids is 1. The zero-order chi connectivity index (χ0) is 14.7. The van der Waals surface area contributed by atoms with Gasteiger partial charge in [0.1, 0.15) is 16.7 Å². The molecule has 2 rings (SSSR count). The minimum Gasteiger partial charge on any atom is -0.467 e. The molecule has 0 aliphatic heterocycles. The molecule has 1 unspecified atom stereocenters. The van der Waals surface area contributed by atoms with Crippen LogP contribution in [0.3, 0.4) is 0 Å². The van der Waals surface area contributed by atoms with E-state index < -0.39 is 6.04 Å². The lowest BCUT2D eigenvalue weighted by Gasteiger charge is -2.13. The molecule has 2 heterocycles. The molecule has 0 fully saturated rings. The summed E-state index contributed by atoms with van der Waals surface area (Å²) in [4.78, 5) is 22.5. The molecular weight excluding hydrogens is 276 g/mol. The van der Waals surface area contributed by atoms with Crippen molar-refractivity contribution in [1.82, 2.24) is 9.97 Å². The highest BCUT2D eigenvalue weighted by atomic mass is 32.1. The second-order valence-corrected chi connectivity index (χ2v) is 5.63. The highest BCUT2D eigenvalue weighted by Gasteiger charge is 2.17. The molecule has 2 aromatic rings. The average molecular weight is 294 g/mol. The lowest BCUT2D eigenvalue weighted by molar-refractivity contribution is -0.141. The second kappa shape index (κ2) is 6.04. The standard InChI is InChI=1S/C13H18N4O2S/c1-5-14-13-16-10(15-8(3)12(18)19-4)9-6-7(2)20-11(9)17-13/h6,8H,5H2,1-4H3,(H2,14,15,16,17). The summed E-state index contributed by atoms with van der Waals surface area (Å²) in [5, 5.41) is 7.10. The van der Waals surface area contributed by atoms with E-state index in [9.17, 15) is 4.79 Å². The number of aromatic nitrogens is 2. The van der Waals surface area contributed by atoms with E-state index in [0.29, 0.717) is 11.8 Å². The van der Waals surface area contributed by atoms with Crippen molar-refractivity contribution in [3.05, 3.63) is 10.9 Å². The van der Waals surface area contributed by atoms with Gasteiger partial charge in [-0.2, -0.15) is 4.98 Å². The van der Waals surface area contributed by atoms with Crippen LogP contribution in [-0.2, 0) is 9.53 Å². The van der Waals surface area contributed by atoms with Gasteiger partial charge in [-0.15, -0.1) is 11.3 Å². The first-order valence-electron chi connectivity index (χ1n) is 6.41. The molecule has 2 N–H and O–H groups in total. The molecule has 1 atom stereocenters. The Morgan fingerprint density at radius 2 is 2.25 bits per heavy atom. The number of hydrogen-bond donors (Lipinski definition) is 2. The number of anilines is 2. The van der Waals surface area contributed by atoms with Crippen LogP contribution in [0.25, 0.3) is 10.2 Å². The van der Waals surface area contributed by atoms with Crippen molar-refractivity contribution in [1.29, 1.82) is 0 Å². The third-order valence-corrected chi connectivity index (χ3v) is 3.70. The van der Waals surface area contributed by atoms with Gasteiger partial charge in [-0.3, -0.25) is 0 Å². The molecule has 0 bridgehead atoms. The van der Waals surface area contributed by atoms with Crippen molar-refractivity contribution >= 4 is 39.3 Å². The van der Waals surface area contributed by atoms with E-state index >= 15 is 0 Å². The highest BCUT2D eigenvalue weighted by molar-refractivity contribution is 7.18. The van der Waals surface area contributed by atoms with Gasteiger partial charge in [0.2, 0.25) is 5.95 Å². The maximum absolute atomic E-state index is 11.5. The number of fused-ring (bicyclic) bond motifs is 1. The van der Waals surface area contributed by atoms with Gasteiger partial charge in [0, 0.05) is 11.4 Å². The average Bonchev–Trinajstić information content (AvgIpc) is 2.78. The zero-order valence-electron chi connectivity index (χ0n) is 12.0. The molecule has 0 amide bonds. The first-order chi connectivity index (χ1) is 9.55. The molecule has 7 heteroatoms. The number of aryl methyl sites for hydroxylation is 1. The lowest BCUT2D eigenvalue weighted by Crippen LogP contribution is -2.27. The molecular formula is C13H18N4O2S. The fourth-order valence-electron chi connectivity index (χ4n) is 1.83. The van der Waals surface area contributed by atoms with Gasteiger partial charge >= 0.3 is 5.97 Å². The van der Waals surface area contributed by atoms with Gasteiger partial charge < -0.3 is 15.4 Å². The van der Waals surface area contributed by atoms with Crippen molar-refractivity contribution in [3.8, 4) is 0 Å². The Morgan fingerprint density at radius 1 is 1.50 bits per heavy atom. The van der Waals surface area contributed by atoms with Gasteiger partial charge in [-0.25, -0.2) is 9.78 Å². The van der Waals surface area contributed by atoms with Crippen molar-refractivity contribution in [2.24, 2.45) is 0 Å². The van der Waals surface area contributed by atoms with E-state index in [1.165, 1.54) is 7.11 Å². The molecule has 0 saturated carbocycles. The van der Waals surface area contributed by atoms with Crippen LogP contribution >= 0.6 is 11.3 Å². The summed E-state index contributed by atoms with van der Waals surface area (Å²) >= 11 is 1.60. The third kappa shape index (κ3) is 2.98. The minimum absolute atomic E-state index is 0.325. The molecule has 0 aromatic carbocycles. The van der Waals surface area contributed by atoms with Crippen LogP contribution in [0.2, 0.25) is 0 Å². The van der Waals surface area contributed by atoms with Crippen molar-refractivity contribution < 1.29 is 9.53 Å². The number of nitrogens with one attached hydrogen (secondary N) is 2. The summed E-state index contributed by atoms with van der Waals surface area (Å²) in [6.07, 6.45) is 0. The summed E-state index contributed by atoms with van der Waals surface area (Å²) < 4.78 is 4.72. The maximum Gasteiger partial charge on any atom is 0.328 e. The molecule has 0 saturated heterocycles. The second-order valence-electron chi connectivity index (χ2n) is 4.39. The minimum atomic E-state index is -0.465. The lowest BCUT2D eigenvalue weighted by atomic mass is 10.3. The fourth-order valence-corrected chi connectivity index (χ4v) is 2.71. The number of methoxy groups -OCH3 is 1. The van der Waals surface area contributed by atoms with Crippen LogP contribution in [0.15, 0.2) is 6.07 Å². The number of nitrogens with zero attached hydrogens (tertiary/aromatic N) is 2. The Bertz CT molecular complexity index is 626. The summed E-state index contributed by atoms with van der Waals surface area (Å²) in [5.74, 6) is 0.878. The SMILES string of the molecule is CCNc1nc(NC(C)C(=O)OC)c2cc(C)sc2n1. The maximum atomic E-state index is 11.5. The predicted octanol–water partition coefficient (Wildman–Crippen LogP) is 2.40. The summed E-state index contributed by atoms with van der Waals surface area (Å²) in [7, 11) is 1.37. The monoisotopic (exact) mass is 294 g/mol. The molecule has 0 radical (unpaired) electrons. The highest BCUT2D eigenvalue weighted by Crippen LogP contribution is 2.29. The Morgan fingerprint density at radius 3 is 2.90 bits per heavy atom. The largest absolute Gasteiger partial charge is 0.467 e. The van der Waals surface area contributed by atoms with Crippen LogP contribution < -0.4 is 10.6 Å². The molecule has 0 aliphatic carbocycles. The topological polar surface area (TPSA) is 76.1 Å². The Kier molecular flexibility index (Phi) is 4.39. The molecule has 108 valence electrons. The van der Waals surface area contributed by atoms with E-state index in [4.69, 9.17) is 4.74 Å². The molecule has 0 aliphatic rings. The van der Waals surface area contributed by atoms with E-state index in [1.54, 1.807) is 18.3 Å². The van der Waals surface area contributed by atoms with Crippen LogP contribution in [0.1, 0.15) is 18.7 Å². The van der Waals surface area contributed by atoms with Crippen LogP contribution in [-0.4, -0.2) is 35.6 Å². The Balaban J connectivity index is 2.41. The molecule has 6 nitrogen and oxygen atoms in total. The number of rotatable bonds is 5. The molecule has 20 heavy (non-hydrogen) atoms. The Hall–Kier alpha value is -1.89. The van der Waals surface area contributed by atoms with Crippen molar-refractivity contribution in [2.75, 3.05) is 24.3 Å². The van der Waals surface area contributed by atoms with Crippen LogP contribution in [0, 0.1) is 6.92 Å². The smallest absolute Gasteiger partial charge is 0.328 e. The normalized spacial score (nSPS) is 12.2. The van der Waals surface area contributed by atoms with E-state index in [-0.39, 0.29) is 5.97 Å². The quantitative estimate of drug-likeness (QED) is 0.825. The number of ether oxygens (including phenoxy) is 1. The van der Waals surface area contributed by atoms with Gasteiger partial charge in [-0.05, 0) is 26.8 Å². The summed E-state index contributed by atoms with van der Waals surface area (Å²) in [6, 6.07) is 1.55. The summed E-state index contributed by atoms with van der Waals surface area (Å²) in [6.45, 7) is 6.48. The van der Waals surface area contributed by atoms with Crippen molar-refractivity contribution in [2.45, 2.75) is 26.8 Å². The van der Waals surface area contributed by atoms with E-state index in [2.05, 4.69) is 20.6 Å². The van der Waals surface area contributed by atoms with Gasteiger partial charge in [0.25, 0.3) is 0 Å². The number of hydrogen-bond acceptors (Lipinski definition) is 7. The number of carbonyl (C=O) groups is 1. The first-order valence-corrected chi connectivity index (χ1v) is 7.23. The zero-order valence-corrected chi connectivity index (χ0v) is 12.8. The first kappa shape index (κ1) is 14.5. The van der Waals surface area contributed by atoms with Gasteiger partial charge in [-0.1, -0.05) is 0 Å². The third-order valence-electron chi connectivity index (χ3n) is 2.76.